The molecule has 1 aliphatic heterocycles. The summed E-state index contributed by atoms with van der Waals surface area (Å²) in [6.07, 6.45) is 2.12. The molecular weight excluding hydrogens is 166 g/mol. The van der Waals surface area contributed by atoms with E-state index in [2.05, 4.69) is 9.97 Å². The summed E-state index contributed by atoms with van der Waals surface area (Å²) in [7, 11) is 0. The van der Waals surface area contributed by atoms with Crippen molar-refractivity contribution in [2.75, 3.05) is 18.9 Å². The van der Waals surface area contributed by atoms with Crippen LogP contribution in [0.15, 0.2) is 0 Å². The monoisotopic (exact) mass is 181 g/mol. The van der Waals surface area contributed by atoms with Crippen molar-refractivity contribution in [3.8, 4) is 0 Å². The average Bonchev–Trinajstić information content (AvgIpc) is 2.47. The number of H-pyrrole nitrogens is 1. The number of imidazole rings is 1. The Morgan fingerprint density at radius 1 is 1.46 bits per heavy atom. The quantitative estimate of drug-likeness (QED) is 0.684. The summed E-state index contributed by atoms with van der Waals surface area (Å²) in [5, 5.41) is 0. The fourth-order valence-electron chi connectivity index (χ4n) is 1.87. The molecule has 0 unspecified atom stereocenters. The summed E-state index contributed by atoms with van der Waals surface area (Å²) >= 11 is 0. The third-order valence-electron chi connectivity index (χ3n) is 2.55. The predicted octanol–water partition coefficient (Wildman–Crippen LogP) is 1.19. The molecule has 3 N–H and O–H groups in total. The van der Waals surface area contributed by atoms with Crippen LogP contribution in [0.4, 0.5) is 5.95 Å². The molecule has 0 spiro atoms. The molecule has 0 radical (unpaired) electrons. The number of aryl methyl sites for hydroxylation is 1. The van der Waals surface area contributed by atoms with E-state index in [1.54, 1.807) is 0 Å². The third-order valence-corrected chi connectivity index (χ3v) is 2.55. The normalized spacial score (nSPS) is 19.2. The van der Waals surface area contributed by atoms with E-state index in [9.17, 15) is 0 Å². The Bertz CT molecular complexity index is 289. The fraction of sp³-hybridized carbons (Fsp3) is 0.667. The molecule has 72 valence electrons. The first-order valence-corrected chi connectivity index (χ1v) is 4.67. The summed E-state index contributed by atoms with van der Waals surface area (Å²) in [6.45, 7) is 3.71. The summed E-state index contributed by atoms with van der Waals surface area (Å²) in [5.74, 6) is 1.06. The van der Waals surface area contributed by atoms with Gasteiger partial charge in [-0.2, -0.15) is 0 Å². The highest BCUT2D eigenvalue weighted by Gasteiger charge is 2.20. The van der Waals surface area contributed by atoms with Gasteiger partial charge in [0.05, 0.1) is 5.69 Å². The van der Waals surface area contributed by atoms with Gasteiger partial charge in [0, 0.05) is 24.8 Å². The van der Waals surface area contributed by atoms with Crippen LogP contribution in [0.25, 0.3) is 0 Å². The van der Waals surface area contributed by atoms with E-state index in [4.69, 9.17) is 10.5 Å². The van der Waals surface area contributed by atoms with Gasteiger partial charge < -0.3 is 15.5 Å². The minimum atomic E-state index is 0.527. The van der Waals surface area contributed by atoms with E-state index in [1.165, 1.54) is 0 Å². The lowest BCUT2D eigenvalue weighted by molar-refractivity contribution is 0.0845. The molecule has 2 heterocycles. The van der Waals surface area contributed by atoms with E-state index in [-0.39, 0.29) is 0 Å². The standard InChI is InChI=1S/C9H15N3O/c1-6-8(12-9(10)11-6)7-2-4-13-5-3-7/h7H,2-5H2,1H3,(H3,10,11,12). The molecule has 1 aliphatic rings. The van der Waals surface area contributed by atoms with E-state index in [0.717, 1.165) is 37.4 Å². The van der Waals surface area contributed by atoms with Crippen molar-refractivity contribution in [2.45, 2.75) is 25.7 Å². The van der Waals surface area contributed by atoms with E-state index in [1.807, 2.05) is 6.92 Å². The van der Waals surface area contributed by atoms with Crippen molar-refractivity contribution in [3.63, 3.8) is 0 Å². The molecule has 0 aliphatic carbocycles. The number of aromatic amines is 1. The lowest BCUT2D eigenvalue weighted by Gasteiger charge is -2.20. The van der Waals surface area contributed by atoms with Gasteiger partial charge in [-0.1, -0.05) is 0 Å². The number of aromatic nitrogens is 2. The van der Waals surface area contributed by atoms with Crippen LogP contribution >= 0.6 is 0 Å². The lowest BCUT2D eigenvalue weighted by Crippen LogP contribution is -2.15. The highest BCUT2D eigenvalue weighted by atomic mass is 16.5. The average molecular weight is 181 g/mol. The first-order valence-electron chi connectivity index (χ1n) is 4.67. The Morgan fingerprint density at radius 3 is 2.69 bits per heavy atom. The second kappa shape index (κ2) is 3.38. The molecule has 0 amide bonds. The molecule has 0 bridgehead atoms. The maximum atomic E-state index is 5.59. The van der Waals surface area contributed by atoms with Crippen LogP contribution in [0.5, 0.6) is 0 Å². The van der Waals surface area contributed by atoms with Gasteiger partial charge in [0.2, 0.25) is 0 Å². The highest BCUT2D eigenvalue weighted by molar-refractivity contribution is 5.27. The van der Waals surface area contributed by atoms with Crippen LogP contribution in [0.3, 0.4) is 0 Å². The molecule has 1 aromatic heterocycles. The topological polar surface area (TPSA) is 63.9 Å². The molecule has 1 fully saturated rings. The molecule has 4 heteroatoms. The van der Waals surface area contributed by atoms with Crippen LogP contribution in [-0.4, -0.2) is 23.2 Å². The van der Waals surface area contributed by atoms with E-state index < -0.39 is 0 Å². The summed E-state index contributed by atoms with van der Waals surface area (Å²) in [5.41, 5.74) is 7.82. The van der Waals surface area contributed by atoms with Crippen molar-refractivity contribution >= 4 is 5.95 Å². The minimum Gasteiger partial charge on any atom is -0.381 e. The molecular formula is C9H15N3O. The highest BCUT2D eigenvalue weighted by Crippen LogP contribution is 2.27. The number of nitrogens with two attached hydrogens (primary N) is 1. The SMILES string of the molecule is Cc1[nH]c(N)nc1C1CCOCC1. The molecule has 13 heavy (non-hydrogen) atoms. The zero-order valence-corrected chi connectivity index (χ0v) is 7.84. The summed E-state index contributed by atoms with van der Waals surface area (Å²) < 4.78 is 5.30. The number of nitrogen functional groups attached to an aromatic ring is 1. The van der Waals surface area contributed by atoms with Crippen molar-refractivity contribution in [2.24, 2.45) is 0 Å². The fourth-order valence-corrected chi connectivity index (χ4v) is 1.87. The van der Waals surface area contributed by atoms with Crippen LogP contribution in [0, 0.1) is 6.92 Å². The number of ether oxygens (including phenoxy) is 1. The van der Waals surface area contributed by atoms with Gasteiger partial charge in [0.25, 0.3) is 0 Å². The van der Waals surface area contributed by atoms with Crippen LogP contribution in [-0.2, 0) is 4.74 Å². The zero-order chi connectivity index (χ0) is 9.26. The molecule has 1 aromatic rings. The molecule has 4 nitrogen and oxygen atoms in total. The van der Waals surface area contributed by atoms with Crippen molar-refractivity contribution in [1.82, 2.24) is 9.97 Å². The molecule has 0 aromatic carbocycles. The summed E-state index contributed by atoms with van der Waals surface area (Å²) in [6, 6.07) is 0. The number of rotatable bonds is 1. The molecule has 2 rings (SSSR count). The van der Waals surface area contributed by atoms with Gasteiger partial charge >= 0.3 is 0 Å². The van der Waals surface area contributed by atoms with Crippen molar-refractivity contribution in [1.29, 1.82) is 0 Å². The maximum Gasteiger partial charge on any atom is 0.197 e. The van der Waals surface area contributed by atoms with Gasteiger partial charge in [-0.3, -0.25) is 0 Å². The Labute approximate surface area is 77.5 Å². The number of nitrogens with zero attached hydrogens (tertiary/aromatic N) is 1. The van der Waals surface area contributed by atoms with Crippen LogP contribution in [0.2, 0.25) is 0 Å². The van der Waals surface area contributed by atoms with Gasteiger partial charge in [-0.15, -0.1) is 0 Å². The Morgan fingerprint density at radius 2 is 2.15 bits per heavy atom. The number of hydrogen-bond acceptors (Lipinski definition) is 3. The second-order valence-corrected chi connectivity index (χ2v) is 3.52. The Balaban J connectivity index is 2.18. The van der Waals surface area contributed by atoms with Crippen LogP contribution in [0.1, 0.15) is 30.1 Å². The zero-order valence-electron chi connectivity index (χ0n) is 7.84. The van der Waals surface area contributed by atoms with E-state index >= 15 is 0 Å². The maximum absolute atomic E-state index is 5.59. The van der Waals surface area contributed by atoms with E-state index in [0.29, 0.717) is 11.9 Å². The third kappa shape index (κ3) is 1.67. The minimum absolute atomic E-state index is 0.527. The van der Waals surface area contributed by atoms with Gasteiger partial charge in [0.1, 0.15) is 0 Å². The molecule has 0 saturated carbocycles. The summed E-state index contributed by atoms with van der Waals surface area (Å²) in [4.78, 5) is 7.33. The molecule has 1 saturated heterocycles. The predicted molar refractivity (Wildman–Crippen MR) is 50.5 cm³/mol. The molecule has 0 atom stereocenters. The second-order valence-electron chi connectivity index (χ2n) is 3.52. The van der Waals surface area contributed by atoms with Crippen molar-refractivity contribution in [3.05, 3.63) is 11.4 Å². The number of anilines is 1. The lowest BCUT2D eigenvalue weighted by atomic mass is 9.95. The Hall–Kier alpha value is -1.03. The number of nitrogens with one attached hydrogen (secondary N) is 1. The van der Waals surface area contributed by atoms with Gasteiger partial charge in [-0.05, 0) is 19.8 Å². The smallest absolute Gasteiger partial charge is 0.197 e. The first kappa shape index (κ1) is 8.56. The Kier molecular flexibility index (Phi) is 2.22. The first-order chi connectivity index (χ1) is 6.27. The van der Waals surface area contributed by atoms with Crippen LogP contribution < -0.4 is 5.73 Å². The largest absolute Gasteiger partial charge is 0.381 e. The van der Waals surface area contributed by atoms with Gasteiger partial charge in [-0.25, -0.2) is 4.98 Å². The van der Waals surface area contributed by atoms with Crippen molar-refractivity contribution < 1.29 is 4.74 Å². The van der Waals surface area contributed by atoms with Gasteiger partial charge in [0.15, 0.2) is 5.95 Å². The number of hydrogen-bond donors (Lipinski definition) is 2.